The van der Waals surface area contributed by atoms with Gasteiger partial charge in [-0.15, -0.1) is 0 Å². The Morgan fingerprint density at radius 1 is 1.06 bits per heavy atom. The Balaban J connectivity index is 1.93. The standard InChI is InChI=1S/C28H21ClN4O/c1-18-7-12-22-23(13-18)26(20-5-3-2-4-6-20)33-27(24(22)15-30)28(16-31,17-32)14-25(34)19-8-10-21(29)11-9-19/h2-6,8-11,18H,7,12-14H2,1H3/t18-/m0/s1. The van der Waals surface area contributed by atoms with Gasteiger partial charge < -0.3 is 0 Å². The Morgan fingerprint density at radius 3 is 2.35 bits per heavy atom. The van der Waals surface area contributed by atoms with Crippen LogP contribution in [-0.4, -0.2) is 10.8 Å². The molecule has 0 bridgehead atoms. The molecule has 34 heavy (non-hydrogen) atoms. The minimum atomic E-state index is -1.90. The number of benzene rings is 2. The molecule has 1 aliphatic carbocycles. The van der Waals surface area contributed by atoms with E-state index >= 15 is 0 Å². The number of hydrogen-bond acceptors (Lipinski definition) is 5. The van der Waals surface area contributed by atoms with E-state index in [2.05, 4.69) is 13.0 Å². The minimum Gasteiger partial charge on any atom is -0.294 e. The zero-order chi connectivity index (χ0) is 24.3. The Hall–Kier alpha value is -3.98. The molecule has 0 saturated carbocycles. The van der Waals surface area contributed by atoms with E-state index in [1.807, 2.05) is 42.5 Å². The third kappa shape index (κ3) is 4.17. The smallest absolute Gasteiger partial charge is 0.193 e. The van der Waals surface area contributed by atoms with E-state index in [1.165, 1.54) is 0 Å². The van der Waals surface area contributed by atoms with E-state index in [9.17, 15) is 20.6 Å². The Labute approximate surface area is 203 Å². The molecule has 1 aromatic heterocycles. The number of Topliss-reactive ketones (excluding diaryl/α,β-unsaturated/α-hetero) is 1. The predicted octanol–water partition coefficient (Wildman–Crippen LogP) is 5.96. The summed E-state index contributed by atoms with van der Waals surface area (Å²) in [4.78, 5) is 17.9. The fourth-order valence-corrected chi connectivity index (χ4v) is 4.67. The Kier molecular flexibility index (Phi) is 6.47. The van der Waals surface area contributed by atoms with Crippen LogP contribution in [0, 0.1) is 39.9 Å². The summed E-state index contributed by atoms with van der Waals surface area (Å²) in [5, 5.41) is 31.0. The average Bonchev–Trinajstić information content (AvgIpc) is 2.87. The monoisotopic (exact) mass is 464 g/mol. The molecule has 0 saturated heterocycles. The van der Waals surface area contributed by atoms with Crippen LogP contribution in [-0.2, 0) is 18.3 Å². The summed E-state index contributed by atoms with van der Waals surface area (Å²) in [6, 6.07) is 22.2. The molecule has 1 atom stereocenters. The molecule has 2 aromatic carbocycles. The summed E-state index contributed by atoms with van der Waals surface area (Å²) >= 11 is 5.93. The molecule has 0 amide bonds. The number of aromatic nitrogens is 1. The molecule has 6 heteroatoms. The summed E-state index contributed by atoms with van der Waals surface area (Å²) in [7, 11) is 0. The van der Waals surface area contributed by atoms with Crippen molar-refractivity contribution in [3.8, 4) is 29.5 Å². The highest BCUT2D eigenvalue weighted by Crippen LogP contribution is 2.40. The van der Waals surface area contributed by atoms with Gasteiger partial charge in [0.1, 0.15) is 6.07 Å². The van der Waals surface area contributed by atoms with E-state index in [-0.39, 0.29) is 11.3 Å². The first-order valence-electron chi connectivity index (χ1n) is 11.1. The van der Waals surface area contributed by atoms with Crippen LogP contribution in [0.5, 0.6) is 0 Å². The second-order valence-corrected chi connectivity index (χ2v) is 9.14. The summed E-state index contributed by atoms with van der Waals surface area (Å²) in [5.74, 6) is 0.0374. The number of carbonyl (C=O) groups excluding carboxylic acids is 1. The van der Waals surface area contributed by atoms with Crippen LogP contribution in [0.1, 0.15) is 52.5 Å². The summed E-state index contributed by atoms with van der Waals surface area (Å²) in [6.07, 6.45) is 1.91. The lowest BCUT2D eigenvalue weighted by Crippen LogP contribution is -2.30. The lowest BCUT2D eigenvalue weighted by atomic mass is 9.74. The zero-order valence-corrected chi connectivity index (χ0v) is 19.4. The maximum Gasteiger partial charge on any atom is 0.193 e. The van der Waals surface area contributed by atoms with Crippen molar-refractivity contribution in [3.63, 3.8) is 0 Å². The highest BCUT2D eigenvalue weighted by atomic mass is 35.5. The van der Waals surface area contributed by atoms with Crippen LogP contribution >= 0.6 is 11.6 Å². The van der Waals surface area contributed by atoms with Crippen LogP contribution in [0.4, 0.5) is 0 Å². The van der Waals surface area contributed by atoms with Crippen molar-refractivity contribution in [1.29, 1.82) is 15.8 Å². The minimum absolute atomic E-state index is 0.0643. The van der Waals surface area contributed by atoms with Gasteiger partial charge >= 0.3 is 0 Å². The number of nitrogens with zero attached hydrogens (tertiary/aromatic N) is 4. The second kappa shape index (κ2) is 9.48. The number of carbonyl (C=O) groups is 1. The van der Waals surface area contributed by atoms with Gasteiger partial charge in [-0.1, -0.05) is 48.9 Å². The van der Waals surface area contributed by atoms with Gasteiger partial charge in [-0.3, -0.25) is 4.79 Å². The number of pyridine rings is 1. The molecule has 166 valence electrons. The maximum absolute atomic E-state index is 13.1. The molecule has 5 nitrogen and oxygen atoms in total. The zero-order valence-electron chi connectivity index (χ0n) is 18.7. The van der Waals surface area contributed by atoms with Crippen LogP contribution in [0.15, 0.2) is 54.6 Å². The lowest BCUT2D eigenvalue weighted by Gasteiger charge is -2.28. The summed E-state index contributed by atoms with van der Waals surface area (Å²) in [6.45, 7) is 2.16. The topological polar surface area (TPSA) is 101 Å². The van der Waals surface area contributed by atoms with Gasteiger partial charge in [0.15, 0.2) is 11.2 Å². The molecule has 0 fully saturated rings. The fraction of sp³-hybridized carbons (Fsp3) is 0.250. The molecular weight excluding hydrogens is 444 g/mol. The van der Waals surface area contributed by atoms with Gasteiger partial charge in [0, 0.05) is 22.6 Å². The van der Waals surface area contributed by atoms with Crippen LogP contribution in [0.2, 0.25) is 5.02 Å². The first kappa shape index (κ1) is 23.2. The molecule has 0 unspecified atom stereocenters. The van der Waals surface area contributed by atoms with E-state index < -0.39 is 17.6 Å². The number of nitriles is 3. The third-order valence-corrected chi connectivity index (χ3v) is 6.64. The van der Waals surface area contributed by atoms with Crippen LogP contribution in [0.25, 0.3) is 11.3 Å². The van der Waals surface area contributed by atoms with Crippen molar-refractivity contribution in [1.82, 2.24) is 4.98 Å². The van der Waals surface area contributed by atoms with Crippen LogP contribution < -0.4 is 0 Å². The lowest BCUT2D eigenvalue weighted by molar-refractivity contribution is 0.0970. The van der Waals surface area contributed by atoms with E-state index in [0.29, 0.717) is 28.6 Å². The first-order valence-corrected chi connectivity index (χ1v) is 11.4. The third-order valence-electron chi connectivity index (χ3n) is 6.39. The molecule has 0 N–H and O–H groups in total. The van der Waals surface area contributed by atoms with Crippen LogP contribution in [0.3, 0.4) is 0 Å². The van der Waals surface area contributed by atoms with Crippen molar-refractivity contribution in [3.05, 3.63) is 87.6 Å². The molecule has 0 aliphatic heterocycles. The highest BCUT2D eigenvalue weighted by molar-refractivity contribution is 6.30. The SMILES string of the molecule is C[C@H]1CCc2c(C#N)c(C(C#N)(C#N)CC(=O)c3ccc(Cl)cc3)nc(-c3ccccc3)c2C1. The fourth-order valence-electron chi connectivity index (χ4n) is 4.55. The van der Waals surface area contributed by atoms with Gasteiger partial charge in [-0.2, -0.15) is 15.8 Å². The first-order chi connectivity index (χ1) is 16.4. The van der Waals surface area contributed by atoms with Crippen molar-refractivity contribution in [2.45, 2.75) is 38.0 Å². The van der Waals surface area contributed by atoms with Crippen molar-refractivity contribution in [2.24, 2.45) is 5.92 Å². The van der Waals surface area contributed by atoms with Crippen molar-refractivity contribution < 1.29 is 4.79 Å². The number of rotatable bonds is 5. The number of hydrogen-bond donors (Lipinski definition) is 0. The van der Waals surface area contributed by atoms with Gasteiger partial charge in [-0.25, -0.2) is 4.98 Å². The number of ketones is 1. The molecule has 3 aromatic rings. The Bertz CT molecular complexity index is 1360. The average molecular weight is 465 g/mol. The van der Waals surface area contributed by atoms with E-state index in [4.69, 9.17) is 16.6 Å². The largest absolute Gasteiger partial charge is 0.294 e. The highest BCUT2D eigenvalue weighted by Gasteiger charge is 2.42. The molecule has 1 aliphatic rings. The summed E-state index contributed by atoms with van der Waals surface area (Å²) < 4.78 is 0. The van der Waals surface area contributed by atoms with Crippen molar-refractivity contribution in [2.75, 3.05) is 0 Å². The summed E-state index contributed by atoms with van der Waals surface area (Å²) in [5.41, 5.74) is 2.09. The van der Waals surface area contributed by atoms with Gasteiger partial charge in [0.05, 0.1) is 29.1 Å². The molecule has 4 rings (SSSR count). The normalized spacial score (nSPS) is 14.9. The van der Waals surface area contributed by atoms with E-state index in [0.717, 1.165) is 29.5 Å². The molecule has 1 heterocycles. The van der Waals surface area contributed by atoms with Gasteiger partial charge in [0.25, 0.3) is 0 Å². The molecular formula is C28H21ClN4O. The van der Waals surface area contributed by atoms with Gasteiger partial charge in [-0.05, 0) is 60.6 Å². The van der Waals surface area contributed by atoms with E-state index in [1.54, 1.807) is 24.3 Å². The second-order valence-electron chi connectivity index (χ2n) is 8.70. The molecule has 0 spiro atoms. The van der Waals surface area contributed by atoms with Crippen molar-refractivity contribution >= 4 is 17.4 Å². The number of fused-ring (bicyclic) bond motifs is 1. The Morgan fingerprint density at radius 2 is 1.74 bits per heavy atom. The molecule has 0 radical (unpaired) electrons. The predicted molar refractivity (Wildman–Crippen MR) is 129 cm³/mol. The maximum atomic E-state index is 13.1. The quantitative estimate of drug-likeness (QED) is 0.433. The number of halogens is 1. The van der Waals surface area contributed by atoms with Gasteiger partial charge in [0.2, 0.25) is 0 Å².